The van der Waals surface area contributed by atoms with Crippen LogP contribution in [0, 0.1) is 5.41 Å². The van der Waals surface area contributed by atoms with E-state index in [0.29, 0.717) is 11.4 Å². The van der Waals surface area contributed by atoms with Gasteiger partial charge in [-0.25, -0.2) is 13.1 Å². The summed E-state index contributed by atoms with van der Waals surface area (Å²) < 4.78 is 27.5. The molecule has 0 radical (unpaired) electrons. The Morgan fingerprint density at radius 2 is 2.06 bits per heavy atom. The third-order valence-electron chi connectivity index (χ3n) is 2.98. The van der Waals surface area contributed by atoms with E-state index in [9.17, 15) is 8.42 Å². The fraction of sp³-hybridized carbons (Fsp3) is 0.455. The highest BCUT2D eigenvalue weighted by Crippen LogP contribution is 2.46. The number of alkyl halides is 1. The zero-order valence-corrected chi connectivity index (χ0v) is 13.1. The minimum atomic E-state index is -3.39. The topological polar surface area (TPSA) is 46.2 Å². The molecule has 1 aromatic rings. The molecule has 1 saturated carbocycles. The largest absolute Gasteiger partial charge is 0.240 e. The Bertz CT molecular complexity index is 512. The van der Waals surface area contributed by atoms with Gasteiger partial charge in [0, 0.05) is 16.3 Å². The molecule has 1 N–H and O–H groups in total. The molecule has 0 spiro atoms. The average molecular weight is 383 g/mol. The summed E-state index contributed by atoms with van der Waals surface area (Å²) in [5.41, 5.74) is 0.138. The van der Waals surface area contributed by atoms with Gasteiger partial charge in [0.05, 0.1) is 4.90 Å². The second-order valence-corrected chi connectivity index (χ2v) is 7.66. The Kier molecular flexibility index (Phi) is 3.97. The van der Waals surface area contributed by atoms with Crippen LogP contribution in [0.15, 0.2) is 33.6 Å². The van der Waals surface area contributed by atoms with E-state index in [1.165, 1.54) is 0 Å². The molecule has 1 aliphatic carbocycles. The summed E-state index contributed by atoms with van der Waals surface area (Å²) in [4.78, 5) is 0.303. The number of nitrogens with one attached hydrogen (secondary N) is 1. The van der Waals surface area contributed by atoms with Gasteiger partial charge >= 0.3 is 0 Å². The lowest BCUT2D eigenvalue weighted by Gasteiger charge is -2.13. The quantitative estimate of drug-likeness (QED) is 0.796. The molecule has 0 bridgehead atoms. The van der Waals surface area contributed by atoms with Crippen molar-refractivity contribution in [1.82, 2.24) is 4.72 Å². The molecule has 2 rings (SSSR count). The molecule has 3 nitrogen and oxygen atoms in total. The first kappa shape index (κ1) is 13.5. The molecule has 0 saturated heterocycles. The van der Waals surface area contributed by atoms with Crippen molar-refractivity contribution in [2.45, 2.75) is 17.7 Å². The van der Waals surface area contributed by atoms with Crippen molar-refractivity contribution in [3.05, 3.63) is 28.7 Å². The minimum absolute atomic E-state index is 0.138. The normalized spacial score (nSPS) is 18.0. The number of sulfonamides is 1. The second-order valence-electron chi connectivity index (χ2n) is 4.42. The van der Waals surface area contributed by atoms with Crippen LogP contribution in [0.1, 0.15) is 12.8 Å². The highest BCUT2D eigenvalue weighted by molar-refractivity contribution is 9.10. The number of hydrogen-bond donors (Lipinski definition) is 1. The van der Waals surface area contributed by atoms with Crippen LogP contribution in [0.2, 0.25) is 0 Å². The summed E-state index contributed by atoms with van der Waals surface area (Å²) in [6.45, 7) is 0.507. The van der Waals surface area contributed by atoms with Crippen molar-refractivity contribution in [3.63, 3.8) is 0 Å². The van der Waals surface area contributed by atoms with E-state index in [1.807, 2.05) is 0 Å². The first-order valence-corrected chi connectivity index (χ1v) is 8.68. The summed E-state index contributed by atoms with van der Waals surface area (Å²) in [5, 5.41) is 0.848. The van der Waals surface area contributed by atoms with E-state index >= 15 is 0 Å². The number of benzene rings is 1. The highest BCUT2D eigenvalue weighted by Gasteiger charge is 2.42. The van der Waals surface area contributed by atoms with Gasteiger partial charge in [0.1, 0.15) is 0 Å². The summed E-state index contributed by atoms with van der Waals surface area (Å²) in [6, 6.07) is 6.73. The van der Waals surface area contributed by atoms with Crippen molar-refractivity contribution >= 4 is 41.9 Å². The summed E-state index contributed by atoms with van der Waals surface area (Å²) in [5.74, 6) is 0. The van der Waals surface area contributed by atoms with Crippen LogP contribution in [0.4, 0.5) is 0 Å². The summed E-state index contributed by atoms with van der Waals surface area (Å²) in [6.07, 6.45) is 2.17. The summed E-state index contributed by atoms with van der Waals surface area (Å²) in [7, 11) is -3.39. The minimum Gasteiger partial charge on any atom is -0.211 e. The standard InChI is InChI=1S/C11H13Br2NO2S/c12-7-11(4-5-11)8-14-17(15,16)10-3-1-2-9(13)6-10/h1-3,6,14H,4-5,7-8H2. The van der Waals surface area contributed by atoms with Crippen molar-refractivity contribution < 1.29 is 8.42 Å². The van der Waals surface area contributed by atoms with Gasteiger partial charge in [-0.2, -0.15) is 0 Å². The second kappa shape index (κ2) is 4.99. The van der Waals surface area contributed by atoms with E-state index in [-0.39, 0.29) is 5.41 Å². The van der Waals surface area contributed by atoms with Crippen LogP contribution in [-0.2, 0) is 10.0 Å². The Labute approximate surface area is 118 Å². The van der Waals surface area contributed by atoms with Gasteiger partial charge in [-0.3, -0.25) is 0 Å². The van der Waals surface area contributed by atoms with E-state index in [1.54, 1.807) is 24.3 Å². The maximum absolute atomic E-state index is 12.0. The molecule has 0 aliphatic heterocycles. The maximum atomic E-state index is 12.0. The molecule has 1 aromatic carbocycles. The van der Waals surface area contributed by atoms with E-state index in [4.69, 9.17) is 0 Å². The lowest BCUT2D eigenvalue weighted by Crippen LogP contribution is -2.31. The molecule has 1 aliphatic rings. The van der Waals surface area contributed by atoms with Crippen LogP contribution in [-0.4, -0.2) is 20.3 Å². The van der Waals surface area contributed by atoms with Crippen molar-refractivity contribution in [2.75, 3.05) is 11.9 Å². The van der Waals surface area contributed by atoms with Crippen LogP contribution in [0.25, 0.3) is 0 Å². The van der Waals surface area contributed by atoms with Crippen LogP contribution in [0.3, 0.4) is 0 Å². The van der Waals surface area contributed by atoms with Gasteiger partial charge < -0.3 is 0 Å². The Balaban J connectivity index is 2.09. The predicted molar refractivity (Wildman–Crippen MR) is 74.8 cm³/mol. The number of halogens is 2. The molecule has 0 amide bonds. The zero-order valence-electron chi connectivity index (χ0n) is 9.12. The van der Waals surface area contributed by atoms with Gasteiger partial charge in [0.15, 0.2) is 0 Å². The molecule has 6 heteroatoms. The molecule has 1 fully saturated rings. The maximum Gasteiger partial charge on any atom is 0.240 e. The fourth-order valence-electron chi connectivity index (χ4n) is 1.50. The Hall–Kier alpha value is 0.0900. The van der Waals surface area contributed by atoms with Gasteiger partial charge in [0.2, 0.25) is 10.0 Å². The molecule has 0 atom stereocenters. The van der Waals surface area contributed by atoms with Crippen LogP contribution in [0.5, 0.6) is 0 Å². The summed E-state index contributed by atoms with van der Waals surface area (Å²) >= 11 is 6.70. The van der Waals surface area contributed by atoms with E-state index in [2.05, 4.69) is 36.6 Å². The van der Waals surface area contributed by atoms with E-state index < -0.39 is 10.0 Å². The molecule has 17 heavy (non-hydrogen) atoms. The van der Waals surface area contributed by atoms with Crippen LogP contribution < -0.4 is 4.72 Å². The first-order chi connectivity index (χ1) is 7.97. The molecular weight excluding hydrogens is 370 g/mol. The number of hydrogen-bond acceptors (Lipinski definition) is 2. The smallest absolute Gasteiger partial charge is 0.211 e. The number of rotatable bonds is 5. The lowest BCUT2D eigenvalue weighted by atomic mass is 10.1. The SMILES string of the molecule is O=S(=O)(NCC1(CBr)CC1)c1cccc(Br)c1. The fourth-order valence-corrected chi connectivity index (χ4v) is 4.01. The van der Waals surface area contributed by atoms with Crippen molar-refractivity contribution in [1.29, 1.82) is 0 Å². The van der Waals surface area contributed by atoms with Gasteiger partial charge in [-0.15, -0.1) is 0 Å². The molecule has 0 unspecified atom stereocenters. The van der Waals surface area contributed by atoms with Gasteiger partial charge in [-0.05, 0) is 36.5 Å². The third kappa shape index (κ3) is 3.30. The Morgan fingerprint density at radius 3 is 2.59 bits per heavy atom. The molecule has 94 valence electrons. The molecule has 0 aromatic heterocycles. The van der Waals surface area contributed by atoms with Crippen molar-refractivity contribution in [3.8, 4) is 0 Å². The monoisotopic (exact) mass is 381 g/mol. The van der Waals surface area contributed by atoms with Gasteiger partial charge in [-0.1, -0.05) is 37.9 Å². The Morgan fingerprint density at radius 1 is 1.35 bits per heavy atom. The van der Waals surface area contributed by atoms with Gasteiger partial charge in [0.25, 0.3) is 0 Å². The molecular formula is C11H13Br2NO2S. The lowest BCUT2D eigenvalue weighted by molar-refractivity contribution is 0.538. The zero-order chi connectivity index (χ0) is 12.5. The average Bonchev–Trinajstić information content (AvgIpc) is 3.07. The predicted octanol–water partition coefficient (Wildman–Crippen LogP) is 2.90. The van der Waals surface area contributed by atoms with Crippen molar-refractivity contribution in [2.24, 2.45) is 5.41 Å². The first-order valence-electron chi connectivity index (χ1n) is 5.29. The molecule has 0 heterocycles. The van der Waals surface area contributed by atoms with Crippen LogP contribution >= 0.6 is 31.9 Å². The van der Waals surface area contributed by atoms with E-state index in [0.717, 1.165) is 22.6 Å². The highest BCUT2D eigenvalue weighted by atomic mass is 79.9. The third-order valence-corrected chi connectivity index (χ3v) is 6.07.